The lowest BCUT2D eigenvalue weighted by atomic mass is 9.86. The van der Waals surface area contributed by atoms with Gasteiger partial charge in [-0.15, -0.1) is 0 Å². The van der Waals surface area contributed by atoms with E-state index in [4.69, 9.17) is 4.42 Å². The summed E-state index contributed by atoms with van der Waals surface area (Å²) in [6.07, 6.45) is 0. The molecule has 8 aromatic rings. The lowest BCUT2D eigenvalue weighted by molar-refractivity contribution is 0.591. The van der Waals surface area contributed by atoms with Gasteiger partial charge in [0.05, 0.1) is 16.7 Å². The first-order chi connectivity index (χ1) is 21.0. The molecule has 8 rings (SSSR count). The lowest BCUT2D eigenvalue weighted by Gasteiger charge is -2.25. The normalized spacial score (nSPS) is 12.1. The van der Waals surface area contributed by atoms with Crippen LogP contribution in [-0.4, -0.2) is 4.57 Å². The molecule has 0 aliphatic carbocycles. The van der Waals surface area contributed by atoms with Gasteiger partial charge < -0.3 is 13.9 Å². The molecule has 2 aromatic heterocycles. The Morgan fingerprint density at radius 3 is 1.98 bits per heavy atom. The van der Waals surface area contributed by atoms with Crippen LogP contribution in [0.25, 0.3) is 49.4 Å². The summed E-state index contributed by atoms with van der Waals surface area (Å²) >= 11 is 0. The Morgan fingerprint density at radius 2 is 1.19 bits per heavy atom. The van der Waals surface area contributed by atoms with Gasteiger partial charge in [0.25, 0.3) is 0 Å². The maximum atomic E-state index is 6.47. The molecule has 0 amide bonds. The number of hydrogen-bond donors (Lipinski definition) is 0. The number of hydrogen-bond acceptors (Lipinski definition) is 2. The average molecular weight is 557 g/mol. The van der Waals surface area contributed by atoms with E-state index in [1.54, 1.807) is 0 Å². The average Bonchev–Trinajstić information content (AvgIpc) is 3.58. The smallest absolute Gasteiger partial charge is 0.159 e. The molecule has 0 N–H and O–H groups in total. The Bertz CT molecular complexity index is 2260. The number of anilines is 3. The van der Waals surface area contributed by atoms with E-state index in [1.807, 2.05) is 12.1 Å². The number of nitrogens with zero attached hydrogens (tertiary/aromatic N) is 2. The summed E-state index contributed by atoms with van der Waals surface area (Å²) in [6, 6.07) is 49.7. The molecule has 3 heteroatoms. The second-order valence-electron chi connectivity index (χ2n) is 12.3. The highest BCUT2D eigenvalue weighted by Gasteiger charge is 2.21. The molecular formula is C40H32N2O. The van der Waals surface area contributed by atoms with Crippen LogP contribution in [0.2, 0.25) is 0 Å². The fraction of sp³-hybridized carbons (Fsp3) is 0.100. The van der Waals surface area contributed by atoms with Crippen molar-refractivity contribution in [2.75, 3.05) is 4.90 Å². The predicted molar refractivity (Wildman–Crippen MR) is 181 cm³/mol. The molecule has 3 nitrogen and oxygen atoms in total. The van der Waals surface area contributed by atoms with Crippen LogP contribution >= 0.6 is 0 Å². The van der Waals surface area contributed by atoms with E-state index in [1.165, 1.54) is 27.4 Å². The van der Waals surface area contributed by atoms with Crippen molar-refractivity contribution in [1.82, 2.24) is 4.57 Å². The largest absolute Gasteiger partial charge is 0.454 e. The van der Waals surface area contributed by atoms with Gasteiger partial charge in [-0.25, -0.2) is 0 Å². The molecule has 0 fully saturated rings. The van der Waals surface area contributed by atoms with Gasteiger partial charge in [-0.1, -0.05) is 93.6 Å². The highest BCUT2D eigenvalue weighted by Crippen LogP contribution is 2.42. The topological polar surface area (TPSA) is 21.3 Å². The van der Waals surface area contributed by atoms with Crippen LogP contribution in [0, 0.1) is 0 Å². The van der Waals surface area contributed by atoms with Crippen molar-refractivity contribution >= 4 is 60.8 Å². The summed E-state index contributed by atoms with van der Waals surface area (Å²) < 4.78 is 8.86. The van der Waals surface area contributed by atoms with Gasteiger partial charge in [0, 0.05) is 38.6 Å². The zero-order valence-electron chi connectivity index (χ0n) is 24.6. The van der Waals surface area contributed by atoms with Gasteiger partial charge in [-0.3, -0.25) is 0 Å². The fourth-order valence-corrected chi connectivity index (χ4v) is 6.38. The number of furan rings is 1. The monoisotopic (exact) mass is 556 g/mol. The summed E-state index contributed by atoms with van der Waals surface area (Å²) in [6.45, 7) is 6.82. The quantitative estimate of drug-likeness (QED) is 0.215. The predicted octanol–water partition coefficient (Wildman–Crippen LogP) is 11.5. The number of aromatic nitrogens is 1. The molecule has 6 aromatic carbocycles. The second-order valence-corrected chi connectivity index (χ2v) is 12.3. The van der Waals surface area contributed by atoms with Crippen molar-refractivity contribution in [2.24, 2.45) is 0 Å². The van der Waals surface area contributed by atoms with E-state index in [-0.39, 0.29) is 5.41 Å². The van der Waals surface area contributed by atoms with Crippen molar-refractivity contribution < 1.29 is 4.42 Å². The zero-order chi connectivity index (χ0) is 29.1. The molecule has 0 radical (unpaired) electrons. The number of benzene rings is 6. The third kappa shape index (κ3) is 4.11. The Labute approximate surface area is 251 Å². The van der Waals surface area contributed by atoms with Crippen LogP contribution in [0.4, 0.5) is 17.1 Å². The van der Waals surface area contributed by atoms with Crippen molar-refractivity contribution in [3.05, 3.63) is 145 Å². The van der Waals surface area contributed by atoms with Crippen LogP contribution in [0.3, 0.4) is 0 Å². The minimum Gasteiger partial charge on any atom is -0.454 e. The van der Waals surface area contributed by atoms with Crippen LogP contribution in [0.5, 0.6) is 0 Å². The van der Waals surface area contributed by atoms with Gasteiger partial charge in [-0.2, -0.15) is 0 Å². The second kappa shape index (κ2) is 9.64. The molecule has 208 valence electrons. The first kappa shape index (κ1) is 25.4. The lowest BCUT2D eigenvalue weighted by Crippen LogP contribution is -2.10. The zero-order valence-corrected chi connectivity index (χ0v) is 24.6. The standard InChI is InChI=1S/C40H32N2O/c1-40(2,3)27-20-25-36-34(26-27)31-14-7-9-17-35(31)42(36)30-23-21-29(22-24-30)41(28-12-5-4-6-13-28)37-18-11-16-33-32-15-8-10-19-38(32)43-39(33)37/h4-26H,1-3H3. The highest BCUT2D eigenvalue weighted by molar-refractivity contribution is 6.11. The van der Waals surface area contributed by atoms with E-state index >= 15 is 0 Å². The van der Waals surface area contributed by atoms with E-state index in [9.17, 15) is 0 Å². The number of fused-ring (bicyclic) bond motifs is 6. The van der Waals surface area contributed by atoms with Gasteiger partial charge >= 0.3 is 0 Å². The van der Waals surface area contributed by atoms with Crippen LogP contribution < -0.4 is 4.90 Å². The Morgan fingerprint density at radius 1 is 0.535 bits per heavy atom. The number of para-hydroxylation sites is 4. The SMILES string of the molecule is CC(C)(C)c1ccc2c(c1)c1ccccc1n2-c1ccc(N(c2ccccc2)c2cccc3c2oc2ccccc23)cc1. The Balaban J connectivity index is 1.30. The minimum absolute atomic E-state index is 0.0859. The first-order valence-corrected chi connectivity index (χ1v) is 14.9. The third-order valence-electron chi connectivity index (χ3n) is 8.54. The molecule has 0 saturated heterocycles. The summed E-state index contributed by atoms with van der Waals surface area (Å²) in [5, 5.41) is 4.80. The molecule has 0 bridgehead atoms. The van der Waals surface area contributed by atoms with E-state index in [0.29, 0.717) is 0 Å². The van der Waals surface area contributed by atoms with Crippen molar-refractivity contribution in [3.63, 3.8) is 0 Å². The van der Waals surface area contributed by atoms with Gasteiger partial charge in [-0.05, 0) is 77.7 Å². The van der Waals surface area contributed by atoms with E-state index in [0.717, 1.165) is 44.7 Å². The van der Waals surface area contributed by atoms with Gasteiger partial charge in [0.15, 0.2) is 5.58 Å². The number of rotatable bonds is 4. The van der Waals surface area contributed by atoms with Gasteiger partial charge in [0.2, 0.25) is 0 Å². The molecule has 2 heterocycles. The maximum absolute atomic E-state index is 6.47. The molecular weight excluding hydrogens is 524 g/mol. The van der Waals surface area contributed by atoms with E-state index < -0.39 is 0 Å². The van der Waals surface area contributed by atoms with Crippen LogP contribution in [-0.2, 0) is 5.41 Å². The van der Waals surface area contributed by atoms with Crippen LogP contribution in [0.1, 0.15) is 26.3 Å². The van der Waals surface area contributed by atoms with Crippen molar-refractivity contribution in [2.45, 2.75) is 26.2 Å². The molecule has 0 aliphatic rings. The fourth-order valence-electron chi connectivity index (χ4n) is 6.38. The summed E-state index contributed by atoms with van der Waals surface area (Å²) in [5.74, 6) is 0. The van der Waals surface area contributed by atoms with E-state index in [2.05, 4.69) is 158 Å². The molecule has 0 unspecified atom stereocenters. The Hall–Kier alpha value is -5.28. The Kier molecular flexibility index (Phi) is 5.70. The van der Waals surface area contributed by atoms with Gasteiger partial charge in [0.1, 0.15) is 5.58 Å². The molecule has 0 aliphatic heterocycles. The summed E-state index contributed by atoms with van der Waals surface area (Å²) in [4.78, 5) is 2.29. The summed E-state index contributed by atoms with van der Waals surface area (Å²) in [5.41, 5.74) is 9.93. The molecule has 0 saturated carbocycles. The first-order valence-electron chi connectivity index (χ1n) is 14.9. The highest BCUT2D eigenvalue weighted by atomic mass is 16.3. The van der Waals surface area contributed by atoms with Crippen LogP contribution in [0.15, 0.2) is 144 Å². The maximum Gasteiger partial charge on any atom is 0.159 e. The summed E-state index contributed by atoms with van der Waals surface area (Å²) in [7, 11) is 0. The third-order valence-corrected chi connectivity index (χ3v) is 8.54. The van der Waals surface area contributed by atoms with Crippen molar-refractivity contribution in [1.29, 1.82) is 0 Å². The molecule has 0 atom stereocenters. The molecule has 0 spiro atoms. The molecule has 43 heavy (non-hydrogen) atoms. The van der Waals surface area contributed by atoms with Crippen molar-refractivity contribution in [3.8, 4) is 5.69 Å². The minimum atomic E-state index is 0.0859.